The summed E-state index contributed by atoms with van der Waals surface area (Å²) in [6, 6.07) is 54.1. The molecule has 0 aliphatic rings. The van der Waals surface area contributed by atoms with Crippen LogP contribution in [0, 0.1) is 0 Å². The van der Waals surface area contributed by atoms with Crippen molar-refractivity contribution in [2.24, 2.45) is 0 Å². The average Bonchev–Trinajstić information content (AvgIpc) is 3.78. The molecule has 0 unspecified atom stereocenters. The minimum atomic E-state index is 0.632. The Kier molecular flexibility index (Phi) is 6.60. The van der Waals surface area contributed by atoms with Crippen molar-refractivity contribution >= 4 is 53.4 Å². The Morgan fingerprint density at radius 3 is 1.86 bits per heavy atom. The van der Waals surface area contributed by atoms with Crippen LogP contribution in [0.4, 0.5) is 0 Å². The zero-order valence-electron chi connectivity index (χ0n) is 26.6. The maximum atomic E-state index is 6.24. The molecule has 0 atom stereocenters. The van der Waals surface area contributed by atoms with Gasteiger partial charge in [-0.2, -0.15) is 0 Å². The highest BCUT2D eigenvalue weighted by Crippen LogP contribution is 2.42. The summed E-state index contributed by atoms with van der Waals surface area (Å²) < 4.78 is 8.63. The highest BCUT2D eigenvalue weighted by Gasteiger charge is 2.17. The monoisotopic (exact) mass is 658 g/mol. The van der Waals surface area contributed by atoms with Gasteiger partial charge in [0.25, 0.3) is 0 Å². The van der Waals surface area contributed by atoms with Gasteiger partial charge in [0, 0.05) is 42.4 Å². The molecule has 0 N–H and O–H groups in total. The number of hydrogen-bond donors (Lipinski definition) is 0. The lowest BCUT2D eigenvalue weighted by atomic mass is 10.0. The molecule has 0 saturated carbocycles. The molecule has 0 amide bonds. The van der Waals surface area contributed by atoms with Crippen LogP contribution in [0.5, 0.6) is 0 Å². The Hall–Kier alpha value is -6.50. The van der Waals surface area contributed by atoms with E-state index in [4.69, 9.17) is 24.4 Å². The Balaban J connectivity index is 1.09. The van der Waals surface area contributed by atoms with Gasteiger partial charge in [0.2, 0.25) is 5.89 Å². The van der Waals surface area contributed by atoms with Crippen LogP contribution in [-0.4, -0.2) is 19.9 Å². The van der Waals surface area contributed by atoms with Gasteiger partial charge in [-0.3, -0.25) is 0 Å². The van der Waals surface area contributed by atoms with Gasteiger partial charge in [0.05, 0.1) is 0 Å². The van der Waals surface area contributed by atoms with Crippen molar-refractivity contribution in [3.05, 3.63) is 158 Å². The number of aromatic nitrogens is 4. The van der Waals surface area contributed by atoms with Crippen molar-refractivity contribution < 1.29 is 4.42 Å². The van der Waals surface area contributed by atoms with E-state index in [1.54, 1.807) is 11.3 Å². The molecule has 0 aliphatic carbocycles. The second kappa shape index (κ2) is 11.6. The van der Waals surface area contributed by atoms with Gasteiger partial charge >= 0.3 is 0 Å². The summed E-state index contributed by atoms with van der Waals surface area (Å²) in [7, 11) is 0. The summed E-state index contributed by atoms with van der Waals surface area (Å²) in [5.41, 5.74) is 7.70. The molecule has 0 spiro atoms. The third kappa shape index (κ3) is 4.93. The molecule has 6 heteroatoms. The van der Waals surface area contributed by atoms with E-state index < -0.39 is 0 Å². The normalized spacial score (nSPS) is 11.6. The molecular weight excluding hydrogens is 633 g/mol. The van der Waals surface area contributed by atoms with Gasteiger partial charge in [0.1, 0.15) is 5.52 Å². The maximum Gasteiger partial charge on any atom is 0.227 e. The lowest BCUT2D eigenvalue weighted by Gasteiger charge is -2.10. The van der Waals surface area contributed by atoms with Gasteiger partial charge in [0.15, 0.2) is 23.1 Å². The summed E-state index contributed by atoms with van der Waals surface area (Å²) in [6.07, 6.45) is 0. The average molecular weight is 659 g/mol. The van der Waals surface area contributed by atoms with Crippen LogP contribution in [-0.2, 0) is 0 Å². The first-order chi connectivity index (χ1) is 24.7. The summed E-state index contributed by atoms with van der Waals surface area (Å²) in [4.78, 5) is 19.8. The van der Waals surface area contributed by atoms with E-state index in [0.717, 1.165) is 55.3 Å². The van der Waals surface area contributed by atoms with E-state index >= 15 is 0 Å². The standard InChI is InChI=1S/C44H26N4OS/c1-3-12-28(13-4-1)41-46-42(48-43(47-41)33-22-21-27-11-7-8-16-30(27)23-33)32-18-9-17-31(24-32)34-19-10-20-35-36-25-38-37(26-39(36)50-40(34)35)45-44(49-38)29-14-5-2-6-15-29/h1-26H. The lowest BCUT2D eigenvalue weighted by Crippen LogP contribution is -2.00. The molecule has 3 heterocycles. The summed E-state index contributed by atoms with van der Waals surface area (Å²) in [6.45, 7) is 0. The van der Waals surface area contributed by atoms with E-state index in [2.05, 4.69) is 97.1 Å². The SMILES string of the molecule is c1ccc(-c2nc(-c3cccc(-c4cccc5c4sc4cc6nc(-c7ccccc7)oc6cc45)c3)nc(-c3ccc4ccccc4c3)n2)cc1. The molecule has 0 bridgehead atoms. The Bertz CT molecular complexity index is 2880. The molecule has 7 aromatic carbocycles. The second-order valence-corrected chi connectivity index (χ2v) is 13.4. The van der Waals surface area contributed by atoms with Crippen LogP contribution in [0.2, 0.25) is 0 Å². The Morgan fingerprint density at radius 2 is 1.06 bits per heavy atom. The highest BCUT2D eigenvalue weighted by atomic mass is 32.1. The number of rotatable bonds is 5. The Morgan fingerprint density at radius 1 is 0.420 bits per heavy atom. The molecule has 0 fully saturated rings. The fraction of sp³-hybridized carbons (Fsp3) is 0. The van der Waals surface area contributed by atoms with Crippen molar-refractivity contribution in [3.63, 3.8) is 0 Å². The third-order valence-electron chi connectivity index (χ3n) is 9.13. The zero-order valence-corrected chi connectivity index (χ0v) is 27.4. The van der Waals surface area contributed by atoms with Gasteiger partial charge in [-0.1, -0.05) is 121 Å². The molecule has 0 radical (unpaired) electrons. The fourth-order valence-electron chi connectivity index (χ4n) is 6.65. The van der Waals surface area contributed by atoms with Crippen molar-refractivity contribution in [1.82, 2.24) is 19.9 Å². The van der Waals surface area contributed by atoms with Crippen LogP contribution in [0.1, 0.15) is 0 Å². The predicted octanol–water partition coefficient (Wildman–Crippen LogP) is 11.9. The first kappa shape index (κ1) is 28.5. The molecule has 0 aliphatic heterocycles. The van der Waals surface area contributed by atoms with Crippen molar-refractivity contribution in [2.75, 3.05) is 0 Å². The number of thiophene rings is 1. The molecule has 5 nitrogen and oxygen atoms in total. The topological polar surface area (TPSA) is 64.7 Å². The van der Waals surface area contributed by atoms with Crippen LogP contribution >= 0.6 is 11.3 Å². The molecule has 10 aromatic rings. The number of nitrogens with zero attached hydrogens (tertiary/aromatic N) is 4. The number of fused-ring (bicyclic) bond motifs is 5. The molecule has 234 valence electrons. The van der Waals surface area contributed by atoms with Crippen LogP contribution in [0.15, 0.2) is 162 Å². The first-order valence-electron chi connectivity index (χ1n) is 16.5. The lowest BCUT2D eigenvalue weighted by molar-refractivity contribution is 0.620. The van der Waals surface area contributed by atoms with Crippen molar-refractivity contribution in [1.29, 1.82) is 0 Å². The molecule has 50 heavy (non-hydrogen) atoms. The maximum absolute atomic E-state index is 6.24. The zero-order chi connectivity index (χ0) is 33.0. The first-order valence-corrected chi connectivity index (χ1v) is 17.3. The van der Waals surface area contributed by atoms with Crippen LogP contribution in [0.25, 0.3) is 98.8 Å². The summed E-state index contributed by atoms with van der Waals surface area (Å²) in [5.74, 6) is 2.56. The molecule has 0 saturated heterocycles. The second-order valence-electron chi connectivity index (χ2n) is 12.3. The van der Waals surface area contributed by atoms with Gasteiger partial charge < -0.3 is 4.42 Å². The smallest absolute Gasteiger partial charge is 0.227 e. The number of oxazole rings is 1. The minimum absolute atomic E-state index is 0.632. The molecular formula is C44H26N4OS. The number of benzene rings is 7. The predicted molar refractivity (Wildman–Crippen MR) is 205 cm³/mol. The largest absolute Gasteiger partial charge is 0.436 e. The number of hydrogen-bond acceptors (Lipinski definition) is 6. The summed E-state index contributed by atoms with van der Waals surface area (Å²) >= 11 is 1.78. The molecule has 3 aromatic heterocycles. The van der Waals surface area contributed by atoms with E-state index in [1.165, 1.54) is 20.2 Å². The van der Waals surface area contributed by atoms with Crippen LogP contribution in [0.3, 0.4) is 0 Å². The fourth-order valence-corrected chi connectivity index (χ4v) is 7.91. The van der Waals surface area contributed by atoms with E-state index in [0.29, 0.717) is 23.4 Å². The summed E-state index contributed by atoms with van der Waals surface area (Å²) in [5, 5.41) is 4.68. The van der Waals surface area contributed by atoms with E-state index in [9.17, 15) is 0 Å². The van der Waals surface area contributed by atoms with Gasteiger partial charge in [-0.05, 0) is 58.3 Å². The molecule has 10 rings (SSSR count). The van der Waals surface area contributed by atoms with Gasteiger partial charge in [-0.15, -0.1) is 11.3 Å². The van der Waals surface area contributed by atoms with Gasteiger partial charge in [-0.25, -0.2) is 19.9 Å². The van der Waals surface area contributed by atoms with E-state index in [1.807, 2.05) is 60.7 Å². The van der Waals surface area contributed by atoms with E-state index in [-0.39, 0.29) is 0 Å². The van der Waals surface area contributed by atoms with Crippen molar-refractivity contribution in [2.45, 2.75) is 0 Å². The van der Waals surface area contributed by atoms with Crippen LogP contribution < -0.4 is 0 Å². The van der Waals surface area contributed by atoms with Crippen molar-refractivity contribution in [3.8, 4) is 56.7 Å². The highest BCUT2D eigenvalue weighted by molar-refractivity contribution is 7.26. The minimum Gasteiger partial charge on any atom is -0.436 e. The Labute approximate surface area is 291 Å². The quantitative estimate of drug-likeness (QED) is 0.184. The third-order valence-corrected chi connectivity index (χ3v) is 10.3.